The summed E-state index contributed by atoms with van der Waals surface area (Å²) >= 11 is 0. The van der Waals surface area contributed by atoms with Crippen molar-refractivity contribution in [3.05, 3.63) is 0 Å². The lowest BCUT2D eigenvalue weighted by atomic mass is 9.76. The van der Waals surface area contributed by atoms with Crippen molar-refractivity contribution in [3.8, 4) is 0 Å². The van der Waals surface area contributed by atoms with E-state index in [0.717, 1.165) is 25.0 Å². The quantitative estimate of drug-likeness (QED) is 0.711. The van der Waals surface area contributed by atoms with Gasteiger partial charge in [-0.15, -0.1) is 0 Å². The van der Waals surface area contributed by atoms with Crippen LogP contribution in [0.4, 0.5) is 0 Å². The van der Waals surface area contributed by atoms with Crippen molar-refractivity contribution in [3.63, 3.8) is 0 Å². The van der Waals surface area contributed by atoms with Gasteiger partial charge in [-0.05, 0) is 50.5 Å². The molecule has 1 saturated carbocycles. The molecule has 0 aromatic carbocycles. The molecule has 2 atom stereocenters. The number of rotatable bonds is 8. The van der Waals surface area contributed by atoms with Crippen LogP contribution in [0.1, 0.15) is 66.7 Å². The monoisotopic (exact) mass is 269 g/mol. The third-order valence-electron chi connectivity index (χ3n) is 4.57. The first-order valence-corrected chi connectivity index (χ1v) is 8.45. The molecule has 0 aliphatic heterocycles. The van der Waals surface area contributed by atoms with Gasteiger partial charge >= 0.3 is 0 Å². The summed E-state index contributed by atoms with van der Waals surface area (Å²) < 4.78 is 6.08. The molecule has 2 heteroatoms. The molecule has 0 spiro atoms. The van der Waals surface area contributed by atoms with Gasteiger partial charge in [-0.2, -0.15) is 0 Å². The second-order valence-corrected chi connectivity index (χ2v) is 6.66. The molecule has 0 aromatic heterocycles. The predicted molar refractivity (Wildman–Crippen MR) is 83.5 cm³/mol. The predicted octanol–water partition coefficient (Wildman–Crippen LogP) is 4.24. The van der Waals surface area contributed by atoms with Crippen molar-refractivity contribution in [2.24, 2.45) is 17.8 Å². The van der Waals surface area contributed by atoms with Gasteiger partial charge in [0.25, 0.3) is 0 Å². The number of ether oxygens (including phenoxy) is 1. The number of nitrogens with one attached hydrogen (secondary N) is 1. The van der Waals surface area contributed by atoms with Gasteiger partial charge in [-0.3, -0.25) is 0 Å². The Morgan fingerprint density at radius 1 is 1.11 bits per heavy atom. The topological polar surface area (TPSA) is 21.3 Å². The van der Waals surface area contributed by atoms with Crippen LogP contribution in [0.2, 0.25) is 0 Å². The van der Waals surface area contributed by atoms with E-state index in [9.17, 15) is 0 Å². The summed E-state index contributed by atoms with van der Waals surface area (Å²) in [4.78, 5) is 0. The fourth-order valence-corrected chi connectivity index (χ4v) is 3.41. The summed E-state index contributed by atoms with van der Waals surface area (Å²) in [5.41, 5.74) is 0. The maximum Gasteiger partial charge on any atom is 0.0753 e. The van der Waals surface area contributed by atoms with Crippen LogP contribution >= 0.6 is 0 Å². The highest BCUT2D eigenvalue weighted by Gasteiger charge is 2.33. The van der Waals surface area contributed by atoms with Crippen molar-refractivity contribution in [1.82, 2.24) is 5.32 Å². The SMILES string of the molecule is CCCNC(C1CCC(C)CC1)C(OCC)C(C)C. The summed E-state index contributed by atoms with van der Waals surface area (Å²) in [5.74, 6) is 2.32. The summed E-state index contributed by atoms with van der Waals surface area (Å²) in [6.07, 6.45) is 7.11. The maximum atomic E-state index is 6.08. The Kier molecular flexibility index (Phi) is 8.01. The Balaban J connectivity index is 2.67. The van der Waals surface area contributed by atoms with Crippen LogP contribution in [0.3, 0.4) is 0 Å². The lowest BCUT2D eigenvalue weighted by molar-refractivity contribution is -0.0183. The van der Waals surface area contributed by atoms with Gasteiger partial charge in [0.15, 0.2) is 0 Å². The summed E-state index contributed by atoms with van der Waals surface area (Å²) in [6.45, 7) is 13.3. The van der Waals surface area contributed by atoms with E-state index in [1.165, 1.54) is 32.1 Å². The lowest BCUT2D eigenvalue weighted by Crippen LogP contribution is -2.50. The third-order valence-corrected chi connectivity index (χ3v) is 4.57. The smallest absolute Gasteiger partial charge is 0.0753 e. The Morgan fingerprint density at radius 3 is 2.21 bits per heavy atom. The molecule has 19 heavy (non-hydrogen) atoms. The second-order valence-electron chi connectivity index (χ2n) is 6.66. The van der Waals surface area contributed by atoms with Crippen molar-refractivity contribution >= 4 is 0 Å². The standard InChI is InChI=1S/C17H35NO/c1-6-12-18-16(17(13(3)4)19-7-2)15-10-8-14(5)9-11-15/h13-18H,6-12H2,1-5H3. The highest BCUT2D eigenvalue weighted by molar-refractivity contribution is 4.88. The molecule has 0 aromatic rings. The van der Waals surface area contributed by atoms with Crippen molar-refractivity contribution in [1.29, 1.82) is 0 Å². The minimum absolute atomic E-state index is 0.370. The minimum atomic E-state index is 0.370. The van der Waals surface area contributed by atoms with E-state index in [1.54, 1.807) is 0 Å². The molecular weight excluding hydrogens is 234 g/mol. The minimum Gasteiger partial charge on any atom is -0.377 e. The van der Waals surface area contributed by atoms with Crippen LogP contribution in [-0.2, 0) is 4.74 Å². The molecule has 2 unspecified atom stereocenters. The average Bonchev–Trinajstić information content (AvgIpc) is 2.39. The van der Waals surface area contributed by atoms with Crippen LogP contribution in [0.15, 0.2) is 0 Å². The van der Waals surface area contributed by atoms with Crippen molar-refractivity contribution < 1.29 is 4.74 Å². The van der Waals surface area contributed by atoms with E-state index in [-0.39, 0.29) is 0 Å². The zero-order valence-corrected chi connectivity index (χ0v) is 13.7. The lowest BCUT2D eigenvalue weighted by Gasteiger charge is -2.39. The van der Waals surface area contributed by atoms with Crippen LogP contribution in [0, 0.1) is 17.8 Å². The van der Waals surface area contributed by atoms with E-state index < -0.39 is 0 Å². The Morgan fingerprint density at radius 2 is 1.74 bits per heavy atom. The van der Waals surface area contributed by atoms with Gasteiger partial charge in [0.1, 0.15) is 0 Å². The van der Waals surface area contributed by atoms with E-state index in [0.29, 0.717) is 18.1 Å². The van der Waals surface area contributed by atoms with Gasteiger partial charge in [-0.25, -0.2) is 0 Å². The Hall–Kier alpha value is -0.0800. The highest BCUT2D eigenvalue weighted by Crippen LogP contribution is 2.33. The molecule has 1 N–H and O–H groups in total. The molecule has 0 saturated heterocycles. The van der Waals surface area contributed by atoms with E-state index in [1.807, 2.05) is 0 Å². The molecule has 0 radical (unpaired) electrons. The first-order valence-electron chi connectivity index (χ1n) is 8.45. The molecule has 114 valence electrons. The Bertz CT molecular complexity index is 221. The van der Waals surface area contributed by atoms with Crippen LogP contribution in [0.25, 0.3) is 0 Å². The molecule has 1 rings (SSSR count). The molecule has 1 aliphatic rings. The second kappa shape index (κ2) is 8.97. The molecular formula is C17H35NO. The number of hydrogen-bond donors (Lipinski definition) is 1. The average molecular weight is 269 g/mol. The maximum absolute atomic E-state index is 6.08. The highest BCUT2D eigenvalue weighted by atomic mass is 16.5. The molecule has 1 fully saturated rings. The number of hydrogen-bond acceptors (Lipinski definition) is 2. The molecule has 0 bridgehead atoms. The first kappa shape index (κ1) is 17.0. The van der Waals surface area contributed by atoms with Gasteiger partial charge in [0.05, 0.1) is 6.10 Å². The fraction of sp³-hybridized carbons (Fsp3) is 1.00. The van der Waals surface area contributed by atoms with Gasteiger partial charge in [0, 0.05) is 12.6 Å². The first-order chi connectivity index (χ1) is 9.10. The molecule has 1 aliphatic carbocycles. The van der Waals surface area contributed by atoms with Gasteiger partial charge < -0.3 is 10.1 Å². The van der Waals surface area contributed by atoms with E-state index >= 15 is 0 Å². The third kappa shape index (κ3) is 5.43. The molecule has 2 nitrogen and oxygen atoms in total. The van der Waals surface area contributed by atoms with Crippen LogP contribution in [-0.4, -0.2) is 25.3 Å². The summed E-state index contributed by atoms with van der Waals surface area (Å²) in [5, 5.41) is 3.80. The molecule has 0 amide bonds. The zero-order chi connectivity index (χ0) is 14.3. The fourth-order valence-electron chi connectivity index (χ4n) is 3.41. The Labute approximate surface area is 120 Å². The molecule has 0 heterocycles. The summed E-state index contributed by atoms with van der Waals surface area (Å²) in [6, 6.07) is 0.549. The summed E-state index contributed by atoms with van der Waals surface area (Å²) in [7, 11) is 0. The normalized spacial score (nSPS) is 27.5. The zero-order valence-electron chi connectivity index (χ0n) is 13.7. The van der Waals surface area contributed by atoms with Crippen LogP contribution in [0.5, 0.6) is 0 Å². The van der Waals surface area contributed by atoms with E-state index in [4.69, 9.17) is 4.74 Å². The van der Waals surface area contributed by atoms with Crippen LogP contribution < -0.4 is 5.32 Å². The van der Waals surface area contributed by atoms with Gasteiger partial charge in [-0.1, -0.05) is 40.5 Å². The van der Waals surface area contributed by atoms with Gasteiger partial charge in [0.2, 0.25) is 0 Å². The van der Waals surface area contributed by atoms with E-state index in [2.05, 4.69) is 39.9 Å². The largest absolute Gasteiger partial charge is 0.377 e. The van der Waals surface area contributed by atoms with Crippen molar-refractivity contribution in [2.75, 3.05) is 13.2 Å². The van der Waals surface area contributed by atoms with Crippen molar-refractivity contribution in [2.45, 2.75) is 78.9 Å².